The zero-order valence-electron chi connectivity index (χ0n) is 16.8. The van der Waals surface area contributed by atoms with Crippen molar-refractivity contribution < 1.29 is 9.21 Å². The summed E-state index contributed by atoms with van der Waals surface area (Å²) in [4.78, 5) is 13.0. The number of aromatic nitrogens is 5. The first-order chi connectivity index (χ1) is 14.6. The second kappa shape index (κ2) is 8.50. The quantitative estimate of drug-likeness (QED) is 0.443. The number of rotatable bonds is 7. The zero-order valence-corrected chi connectivity index (χ0v) is 17.6. The van der Waals surface area contributed by atoms with Crippen LogP contribution in [0.4, 0.5) is 0 Å². The molecule has 1 amide bonds. The lowest BCUT2D eigenvalue weighted by Crippen LogP contribution is -2.26. The van der Waals surface area contributed by atoms with Crippen LogP contribution in [0.3, 0.4) is 0 Å². The highest BCUT2D eigenvalue weighted by molar-refractivity contribution is 7.71. The van der Waals surface area contributed by atoms with Gasteiger partial charge in [-0.25, -0.2) is 4.68 Å². The molecule has 0 unspecified atom stereocenters. The highest BCUT2D eigenvalue weighted by atomic mass is 32.1. The highest BCUT2D eigenvalue weighted by Crippen LogP contribution is 2.25. The molecule has 0 atom stereocenters. The van der Waals surface area contributed by atoms with Gasteiger partial charge in [0.1, 0.15) is 17.3 Å². The van der Waals surface area contributed by atoms with E-state index in [0.29, 0.717) is 34.8 Å². The molecule has 0 spiro atoms. The predicted molar refractivity (Wildman–Crippen MR) is 115 cm³/mol. The topological polar surface area (TPSA) is 93.7 Å². The molecular formula is C21H22N6O2S. The molecular weight excluding hydrogens is 400 g/mol. The number of aromatic amines is 1. The van der Waals surface area contributed by atoms with E-state index in [-0.39, 0.29) is 5.91 Å². The summed E-state index contributed by atoms with van der Waals surface area (Å²) in [7, 11) is 0. The normalized spacial score (nSPS) is 11.0. The van der Waals surface area contributed by atoms with Gasteiger partial charge in [0, 0.05) is 25.7 Å². The molecule has 0 radical (unpaired) electrons. The minimum absolute atomic E-state index is 0.224. The fourth-order valence-corrected chi connectivity index (χ4v) is 3.53. The van der Waals surface area contributed by atoms with Crippen LogP contribution >= 0.6 is 12.2 Å². The van der Waals surface area contributed by atoms with Gasteiger partial charge in [-0.05, 0) is 50.3 Å². The molecule has 0 bridgehead atoms. The standard InChI is InChI=1S/C21H22N6O2S/c1-3-26-18(23-24-21(26)30)11-12-22-20(28)16-13-27(15-7-5-4-6-8-15)25-19(16)17-10-9-14(2)29-17/h4-10,13H,3,11-12H2,1-2H3,(H,22,28)(H,24,30). The maximum atomic E-state index is 13.0. The van der Waals surface area contributed by atoms with Crippen molar-refractivity contribution >= 4 is 18.1 Å². The van der Waals surface area contributed by atoms with Gasteiger partial charge in [-0.2, -0.15) is 10.2 Å². The zero-order chi connectivity index (χ0) is 21.1. The molecule has 8 nitrogen and oxygen atoms in total. The van der Waals surface area contributed by atoms with Crippen LogP contribution in [0, 0.1) is 11.7 Å². The second-order valence-corrected chi connectivity index (χ2v) is 7.16. The van der Waals surface area contributed by atoms with E-state index in [9.17, 15) is 4.79 Å². The van der Waals surface area contributed by atoms with Crippen LogP contribution < -0.4 is 5.32 Å². The summed E-state index contributed by atoms with van der Waals surface area (Å²) >= 11 is 5.21. The number of nitrogens with zero attached hydrogens (tertiary/aromatic N) is 4. The number of benzene rings is 1. The van der Waals surface area contributed by atoms with Crippen molar-refractivity contribution in [3.63, 3.8) is 0 Å². The maximum absolute atomic E-state index is 13.0. The Kier molecular flexibility index (Phi) is 5.62. The smallest absolute Gasteiger partial charge is 0.255 e. The second-order valence-electron chi connectivity index (χ2n) is 6.78. The van der Waals surface area contributed by atoms with Crippen molar-refractivity contribution in [2.45, 2.75) is 26.8 Å². The molecule has 0 aliphatic heterocycles. The van der Waals surface area contributed by atoms with Gasteiger partial charge in [-0.3, -0.25) is 9.89 Å². The lowest BCUT2D eigenvalue weighted by molar-refractivity contribution is 0.0954. The van der Waals surface area contributed by atoms with Gasteiger partial charge in [0.05, 0.1) is 11.3 Å². The third-order valence-electron chi connectivity index (χ3n) is 4.74. The number of aryl methyl sites for hydroxylation is 1. The van der Waals surface area contributed by atoms with Crippen molar-refractivity contribution in [1.82, 2.24) is 29.9 Å². The average Bonchev–Trinajstić information content (AvgIpc) is 3.47. The van der Waals surface area contributed by atoms with E-state index in [1.54, 1.807) is 10.9 Å². The van der Waals surface area contributed by atoms with Gasteiger partial charge < -0.3 is 14.3 Å². The Labute approximate surface area is 178 Å². The number of carbonyl (C=O) groups excluding carboxylic acids is 1. The summed E-state index contributed by atoms with van der Waals surface area (Å²) < 4.78 is 9.91. The molecule has 2 N–H and O–H groups in total. The van der Waals surface area contributed by atoms with E-state index in [1.165, 1.54) is 0 Å². The number of amides is 1. The Morgan fingerprint density at radius 2 is 2.03 bits per heavy atom. The molecule has 3 heterocycles. The molecule has 0 aliphatic rings. The molecule has 154 valence electrons. The first kappa shape index (κ1) is 19.8. The predicted octanol–water partition coefficient (Wildman–Crippen LogP) is 3.69. The summed E-state index contributed by atoms with van der Waals surface area (Å²) in [5, 5.41) is 14.6. The average molecular weight is 423 g/mol. The van der Waals surface area contributed by atoms with Crippen LogP contribution in [0.15, 0.2) is 53.1 Å². The monoisotopic (exact) mass is 422 g/mol. The summed E-state index contributed by atoms with van der Waals surface area (Å²) in [6, 6.07) is 13.3. The lowest BCUT2D eigenvalue weighted by Gasteiger charge is -2.05. The van der Waals surface area contributed by atoms with Crippen LogP contribution in [-0.2, 0) is 13.0 Å². The van der Waals surface area contributed by atoms with Crippen molar-refractivity contribution in [3.8, 4) is 17.1 Å². The Morgan fingerprint density at radius 3 is 2.73 bits per heavy atom. The first-order valence-electron chi connectivity index (χ1n) is 9.71. The number of furan rings is 1. The number of H-pyrrole nitrogens is 1. The summed E-state index contributed by atoms with van der Waals surface area (Å²) in [5.74, 6) is 1.90. The van der Waals surface area contributed by atoms with Crippen molar-refractivity contribution in [3.05, 3.63) is 70.6 Å². The maximum Gasteiger partial charge on any atom is 0.255 e. The van der Waals surface area contributed by atoms with Gasteiger partial charge in [-0.1, -0.05) is 18.2 Å². The molecule has 9 heteroatoms. The molecule has 0 aliphatic carbocycles. The van der Waals surface area contributed by atoms with E-state index in [4.69, 9.17) is 16.6 Å². The van der Waals surface area contributed by atoms with Crippen molar-refractivity contribution in [1.29, 1.82) is 0 Å². The van der Waals surface area contributed by atoms with Gasteiger partial charge in [0.2, 0.25) is 0 Å². The van der Waals surface area contributed by atoms with E-state index in [2.05, 4.69) is 20.6 Å². The van der Waals surface area contributed by atoms with Gasteiger partial charge in [0.15, 0.2) is 10.5 Å². The highest BCUT2D eigenvalue weighted by Gasteiger charge is 2.21. The summed E-state index contributed by atoms with van der Waals surface area (Å²) in [6.45, 7) is 5.01. The third-order valence-corrected chi connectivity index (χ3v) is 5.05. The minimum Gasteiger partial charge on any atom is -0.460 e. The Morgan fingerprint density at radius 1 is 1.23 bits per heavy atom. The number of para-hydroxylation sites is 1. The fraction of sp³-hybridized carbons (Fsp3) is 0.238. The third kappa shape index (κ3) is 3.97. The van der Waals surface area contributed by atoms with Crippen LogP contribution in [0.25, 0.3) is 17.1 Å². The molecule has 0 saturated carbocycles. The van der Waals surface area contributed by atoms with Crippen molar-refractivity contribution in [2.24, 2.45) is 0 Å². The number of hydrogen-bond donors (Lipinski definition) is 2. The van der Waals surface area contributed by atoms with E-state index < -0.39 is 0 Å². The lowest BCUT2D eigenvalue weighted by atomic mass is 10.2. The SMILES string of the molecule is CCn1c(CCNC(=O)c2cn(-c3ccccc3)nc2-c2ccc(C)o2)n[nH]c1=S. The van der Waals surface area contributed by atoms with E-state index in [1.807, 2.05) is 60.9 Å². The molecule has 30 heavy (non-hydrogen) atoms. The Balaban J connectivity index is 1.57. The largest absolute Gasteiger partial charge is 0.460 e. The number of hydrogen-bond acceptors (Lipinski definition) is 5. The molecule has 4 rings (SSSR count). The van der Waals surface area contributed by atoms with Crippen LogP contribution in [-0.4, -0.2) is 37.0 Å². The van der Waals surface area contributed by atoms with Gasteiger partial charge in [0.25, 0.3) is 5.91 Å². The molecule has 1 aromatic carbocycles. The van der Waals surface area contributed by atoms with E-state index >= 15 is 0 Å². The van der Waals surface area contributed by atoms with Crippen LogP contribution in [0.2, 0.25) is 0 Å². The summed E-state index contributed by atoms with van der Waals surface area (Å²) in [6.07, 6.45) is 2.29. The van der Waals surface area contributed by atoms with Crippen molar-refractivity contribution in [2.75, 3.05) is 6.54 Å². The fourth-order valence-electron chi connectivity index (χ4n) is 3.25. The molecule has 0 fully saturated rings. The van der Waals surface area contributed by atoms with Gasteiger partial charge >= 0.3 is 0 Å². The van der Waals surface area contributed by atoms with Crippen LogP contribution in [0.1, 0.15) is 28.9 Å². The van der Waals surface area contributed by atoms with E-state index in [0.717, 1.165) is 23.8 Å². The number of nitrogens with one attached hydrogen (secondary N) is 2. The molecule has 0 saturated heterocycles. The van der Waals surface area contributed by atoms with Gasteiger partial charge in [-0.15, -0.1) is 0 Å². The molecule has 4 aromatic rings. The number of carbonyl (C=O) groups is 1. The molecule has 3 aromatic heterocycles. The van der Waals surface area contributed by atoms with Crippen LogP contribution in [0.5, 0.6) is 0 Å². The minimum atomic E-state index is -0.224. The summed E-state index contributed by atoms with van der Waals surface area (Å²) in [5.41, 5.74) is 1.81. The first-order valence-corrected chi connectivity index (χ1v) is 10.1. The Bertz CT molecular complexity index is 1220. The Hall–Kier alpha value is -3.46.